The second-order valence-electron chi connectivity index (χ2n) is 2.98. The molecule has 1 unspecified atom stereocenters. The van der Waals surface area contributed by atoms with Gasteiger partial charge in [0.2, 0.25) is 0 Å². The zero-order valence-electron chi connectivity index (χ0n) is 6.60. The number of nitrogens with one attached hydrogen (secondary N) is 1. The summed E-state index contributed by atoms with van der Waals surface area (Å²) in [4.78, 5) is 12.0. The second kappa shape index (κ2) is 2.67. The van der Waals surface area contributed by atoms with E-state index >= 15 is 0 Å². The van der Waals surface area contributed by atoms with Gasteiger partial charge in [0.05, 0.1) is 6.04 Å². The van der Waals surface area contributed by atoms with Crippen LogP contribution in [-0.4, -0.2) is 46.8 Å². The number of hydrogen-bond acceptors (Lipinski definition) is 3. The number of hydrogen-bond donors (Lipinski definition) is 2. The lowest BCUT2D eigenvalue weighted by atomic mass is 10.2. The number of fused-ring (bicyclic) bond motifs is 1. The number of nitrogens with zero attached hydrogens (tertiary/aromatic N) is 2. The molecule has 0 saturated carbocycles. The van der Waals surface area contributed by atoms with Crippen LogP contribution >= 0.6 is 0 Å². The topological polar surface area (TPSA) is 55.8 Å². The molecule has 2 aliphatic rings. The highest BCUT2D eigenvalue weighted by Gasteiger charge is 2.29. The Morgan fingerprint density at radius 1 is 1.58 bits per heavy atom. The van der Waals surface area contributed by atoms with Crippen molar-refractivity contribution in [3.05, 3.63) is 12.3 Å². The molecule has 0 aromatic heterocycles. The van der Waals surface area contributed by atoms with Gasteiger partial charge in [0, 0.05) is 25.8 Å². The summed E-state index contributed by atoms with van der Waals surface area (Å²) in [5.74, 6) is 0. The van der Waals surface area contributed by atoms with Crippen molar-refractivity contribution in [3.63, 3.8) is 0 Å². The van der Waals surface area contributed by atoms with E-state index in [2.05, 4.69) is 5.43 Å². The van der Waals surface area contributed by atoms with Crippen molar-refractivity contribution in [2.45, 2.75) is 6.04 Å². The van der Waals surface area contributed by atoms with Crippen LogP contribution in [-0.2, 0) is 0 Å². The summed E-state index contributed by atoms with van der Waals surface area (Å²) in [7, 11) is 0. The molecule has 0 aromatic carbocycles. The first-order valence-electron chi connectivity index (χ1n) is 3.95. The van der Waals surface area contributed by atoms with Crippen LogP contribution in [0.5, 0.6) is 0 Å². The van der Waals surface area contributed by atoms with Gasteiger partial charge in [0.1, 0.15) is 0 Å². The number of amides is 1. The molecular formula is C7H11N3O2. The van der Waals surface area contributed by atoms with Crippen LogP contribution in [0.1, 0.15) is 0 Å². The summed E-state index contributed by atoms with van der Waals surface area (Å²) in [5.41, 5.74) is 3.05. The highest BCUT2D eigenvalue weighted by molar-refractivity contribution is 5.65. The summed E-state index contributed by atoms with van der Waals surface area (Å²) in [5, 5.41) is 10.8. The Bertz CT molecular complexity index is 229. The molecule has 0 spiro atoms. The molecule has 1 atom stereocenters. The average molecular weight is 169 g/mol. The maximum Gasteiger partial charge on any atom is 0.407 e. The Hall–Kier alpha value is -1.23. The zero-order chi connectivity index (χ0) is 8.55. The molecule has 66 valence electrons. The highest BCUT2D eigenvalue weighted by Crippen LogP contribution is 2.12. The fourth-order valence-corrected chi connectivity index (χ4v) is 1.56. The van der Waals surface area contributed by atoms with Gasteiger partial charge < -0.3 is 15.4 Å². The number of carbonyl (C=O) groups is 1. The minimum atomic E-state index is -0.824. The first-order valence-corrected chi connectivity index (χ1v) is 3.95. The van der Waals surface area contributed by atoms with E-state index in [0.29, 0.717) is 13.1 Å². The Kier molecular flexibility index (Phi) is 1.65. The first kappa shape index (κ1) is 7.42. The smallest absolute Gasteiger partial charge is 0.407 e. The summed E-state index contributed by atoms with van der Waals surface area (Å²) in [6, 6.07) is 0.217. The van der Waals surface area contributed by atoms with Crippen LogP contribution in [0.4, 0.5) is 4.79 Å². The lowest BCUT2D eigenvalue weighted by molar-refractivity contribution is 0.0753. The van der Waals surface area contributed by atoms with E-state index in [0.717, 1.165) is 6.54 Å². The molecule has 2 rings (SSSR count). The number of hydrazine groups is 1. The van der Waals surface area contributed by atoms with E-state index in [1.165, 1.54) is 4.90 Å². The van der Waals surface area contributed by atoms with Crippen molar-refractivity contribution < 1.29 is 9.90 Å². The third kappa shape index (κ3) is 1.12. The molecule has 2 aliphatic heterocycles. The zero-order valence-corrected chi connectivity index (χ0v) is 6.60. The fraction of sp³-hybridized carbons (Fsp3) is 0.571. The van der Waals surface area contributed by atoms with Crippen LogP contribution < -0.4 is 5.43 Å². The Morgan fingerprint density at radius 2 is 2.42 bits per heavy atom. The van der Waals surface area contributed by atoms with Gasteiger partial charge in [-0.2, -0.15) is 0 Å². The fourth-order valence-electron chi connectivity index (χ4n) is 1.56. The van der Waals surface area contributed by atoms with Gasteiger partial charge in [-0.25, -0.2) is 9.80 Å². The van der Waals surface area contributed by atoms with Crippen molar-refractivity contribution >= 4 is 6.09 Å². The first-order chi connectivity index (χ1) is 5.77. The molecule has 0 aliphatic carbocycles. The summed E-state index contributed by atoms with van der Waals surface area (Å²) >= 11 is 0. The van der Waals surface area contributed by atoms with Gasteiger partial charge >= 0.3 is 6.09 Å². The predicted octanol–water partition coefficient (Wildman–Crippen LogP) is -0.317. The standard InChI is InChI=1S/C7H11N3O2/c11-7(12)9-3-4-10-6(5-9)1-2-8-10/h1-2,6,8H,3-5H2,(H,11,12). The third-order valence-corrected chi connectivity index (χ3v) is 2.25. The molecule has 5 heteroatoms. The quantitative estimate of drug-likeness (QED) is 0.522. The summed E-state index contributed by atoms with van der Waals surface area (Å²) in [6.45, 7) is 1.91. The van der Waals surface area contributed by atoms with Gasteiger partial charge in [0.15, 0.2) is 0 Å². The van der Waals surface area contributed by atoms with Crippen LogP contribution in [0.25, 0.3) is 0 Å². The molecule has 2 N–H and O–H groups in total. The molecule has 2 heterocycles. The van der Waals surface area contributed by atoms with Gasteiger partial charge in [-0.15, -0.1) is 0 Å². The summed E-state index contributed by atoms with van der Waals surface area (Å²) in [6.07, 6.45) is 3.01. The van der Waals surface area contributed by atoms with E-state index in [9.17, 15) is 4.79 Å². The molecule has 0 bridgehead atoms. The van der Waals surface area contributed by atoms with E-state index in [-0.39, 0.29) is 6.04 Å². The van der Waals surface area contributed by atoms with Crippen LogP contribution in [0, 0.1) is 0 Å². The lowest BCUT2D eigenvalue weighted by Crippen LogP contribution is -2.54. The molecule has 5 nitrogen and oxygen atoms in total. The maximum absolute atomic E-state index is 10.6. The molecule has 1 amide bonds. The van der Waals surface area contributed by atoms with Crippen molar-refractivity contribution in [1.82, 2.24) is 15.3 Å². The molecule has 1 saturated heterocycles. The largest absolute Gasteiger partial charge is 0.465 e. The minimum Gasteiger partial charge on any atom is -0.465 e. The van der Waals surface area contributed by atoms with Gasteiger partial charge in [0.25, 0.3) is 0 Å². The SMILES string of the molecule is O=C(O)N1CCN2NC=CC2C1. The molecule has 0 radical (unpaired) electrons. The molecular weight excluding hydrogens is 158 g/mol. The Labute approximate surface area is 70.2 Å². The summed E-state index contributed by atoms with van der Waals surface area (Å²) < 4.78 is 0. The van der Waals surface area contributed by atoms with Crippen LogP contribution in [0.15, 0.2) is 12.3 Å². The van der Waals surface area contributed by atoms with Crippen molar-refractivity contribution in [1.29, 1.82) is 0 Å². The second-order valence-corrected chi connectivity index (χ2v) is 2.98. The maximum atomic E-state index is 10.6. The normalized spacial score (nSPS) is 28.3. The number of carboxylic acid groups (broad SMARTS) is 1. The van der Waals surface area contributed by atoms with Crippen molar-refractivity contribution in [2.24, 2.45) is 0 Å². The Morgan fingerprint density at radius 3 is 3.17 bits per heavy atom. The highest BCUT2D eigenvalue weighted by atomic mass is 16.4. The number of piperazine rings is 1. The van der Waals surface area contributed by atoms with E-state index in [1.807, 2.05) is 17.3 Å². The molecule has 12 heavy (non-hydrogen) atoms. The molecule has 0 aromatic rings. The van der Waals surface area contributed by atoms with Crippen molar-refractivity contribution in [2.75, 3.05) is 19.6 Å². The van der Waals surface area contributed by atoms with Gasteiger partial charge in [-0.1, -0.05) is 0 Å². The van der Waals surface area contributed by atoms with E-state index in [1.54, 1.807) is 0 Å². The Balaban J connectivity index is 2.00. The van der Waals surface area contributed by atoms with E-state index < -0.39 is 6.09 Å². The third-order valence-electron chi connectivity index (χ3n) is 2.25. The molecule has 1 fully saturated rings. The van der Waals surface area contributed by atoms with Gasteiger partial charge in [-0.05, 0) is 6.08 Å². The number of rotatable bonds is 0. The lowest BCUT2D eigenvalue weighted by Gasteiger charge is -2.35. The van der Waals surface area contributed by atoms with E-state index in [4.69, 9.17) is 5.11 Å². The monoisotopic (exact) mass is 169 g/mol. The minimum absolute atomic E-state index is 0.217. The van der Waals surface area contributed by atoms with Crippen molar-refractivity contribution in [3.8, 4) is 0 Å². The van der Waals surface area contributed by atoms with Crippen LogP contribution in [0.3, 0.4) is 0 Å². The van der Waals surface area contributed by atoms with Crippen LogP contribution in [0.2, 0.25) is 0 Å². The predicted molar refractivity (Wildman–Crippen MR) is 42.4 cm³/mol. The van der Waals surface area contributed by atoms with Gasteiger partial charge in [-0.3, -0.25) is 0 Å². The average Bonchev–Trinajstić information content (AvgIpc) is 2.49.